The lowest BCUT2D eigenvalue weighted by molar-refractivity contribution is -0.330. The molecule has 2 amide bonds. The number of hydrogen-bond acceptors (Lipinski definition) is 7. The van der Waals surface area contributed by atoms with E-state index in [0.717, 1.165) is 12.8 Å². The van der Waals surface area contributed by atoms with Crippen molar-refractivity contribution < 1.29 is 37.0 Å². The Labute approximate surface area is 211 Å². The summed E-state index contributed by atoms with van der Waals surface area (Å²) in [5.74, 6) is -0.210. The molecule has 0 radical (unpaired) electrons. The monoisotopic (exact) mass is 528 g/mol. The number of nitrogens with zero attached hydrogens (tertiary/aromatic N) is 4. The summed E-state index contributed by atoms with van der Waals surface area (Å²) in [4.78, 5) is 25.1. The number of alkyl carbamates (subject to hydrolysis) is 1. The van der Waals surface area contributed by atoms with Gasteiger partial charge in [-0.1, -0.05) is 0 Å². The van der Waals surface area contributed by atoms with E-state index < -0.39 is 42.7 Å². The van der Waals surface area contributed by atoms with Crippen LogP contribution in [0.25, 0.3) is 0 Å². The average molecular weight is 529 g/mol. The molecule has 1 aliphatic carbocycles. The third kappa shape index (κ3) is 6.80. The lowest BCUT2D eigenvalue weighted by Crippen LogP contribution is -2.37. The van der Waals surface area contributed by atoms with Crippen molar-refractivity contribution in [3.05, 3.63) is 29.2 Å². The topological polar surface area (TPSA) is 122 Å². The Bertz CT molecular complexity index is 1160. The van der Waals surface area contributed by atoms with Gasteiger partial charge < -0.3 is 20.1 Å². The lowest BCUT2D eigenvalue weighted by Gasteiger charge is -2.22. The van der Waals surface area contributed by atoms with E-state index in [1.54, 1.807) is 10.7 Å². The Morgan fingerprint density at radius 3 is 2.54 bits per heavy atom. The molecule has 0 bridgehead atoms. The number of carbonyl (C=O) groups is 2. The van der Waals surface area contributed by atoms with E-state index in [1.807, 2.05) is 27.7 Å². The second kappa shape index (κ2) is 9.63. The summed E-state index contributed by atoms with van der Waals surface area (Å²) >= 11 is 0. The normalized spacial score (nSPS) is 21.1. The fourth-order valence-corrected chi connectivity index (χ4v) is 3.93. The maximum absolute atomic E-state index is 13.0. The van der Waals surface area contributed by atoms with Crippen LogP contribution in [0.5, 0.6) is 0 Å². The fourth-order valence-electron chi connectivity index (χ4n) is 3.93. The van der Waals surface area contributed by atoms with Crippen LogP contribution >= 0.6 is 0 Å². The number of ether oxygens (including phenoxy) is 3. The Hall–Kier alpha value is -3.13. The van der Waals surface area contributed by atoms with Gasteiger partial charge in [-0.2, -0.15) is 10.2 Å². The Morgan fingerprint density at radius 1 is 1.22 bits per heavy atom. The number of aromatic nitrogens is 4. The third-order valence-electron chi connectivity index (χ3n) is 6.12. The molecule has 3 heterocycles. The predicted octanol–water partition coefficient (Wildman–Crippen LogP) is 3.77. The van der Waals surface area contributed by atoms with Gasteiger partial charge >= 0.3 is 12.5 Å². The first-order chi connectivity index (χ1) is 17.1. The molecule has 1 saturated carbocycles. The van der Waals surface area contributed by atoms with E-state index in [-0.39, 0.29) is 23.5 Å². The van der Waals surface area contributed by atoms with Gasteiger partial charge in [0.05, 0.1) is 23.5 Å². The van der Waals surface area contributed by atoms with E-state index >= 15 is 0 Å². The molecule has 11 nitrogen and oxygen atoms in total. The molecule has 2 aromatic heterocycles. The summed E-state index contributed by atoms with van der Waals surface area (Å²) in [5.41, 5.74) is -0.151. The van der Waals surface area contributed by atoms with Crippen LogP contribution in [0.15, 0.2) is 12.1 Å². The standard InChI is InChI=1S/C23H31F3N6O5/c1-21(2,3)32-18(27-19(33)16-8-13(29-31(16)5)11-36-23(24,25)26)10-15(30-32)17-9-14(12-35-17)37-20(34)28-22(4)6-7-22/h8,10,14,17H,6-7,9,11-12H2,1-5H3,(H,27,33)(H,28,34). The number of halogens is 3. The van der Waals surface area contributed by atoms with E-state index in [9.17, 15) is 22.8 Å². The number of rotatable bonds is 7. The molecule has 1 saturated heterocycles. The van der Waals surface area contributed by atoms with Crippen molar-refractivity contribution in [3.63, 3.8) is 0 Å². The number of alkyl halides is 3. The van der Waals surface area contributed by atoms with Crippen LogP contribution in [0, 0.1) is 0 Å². The molecule has 0 aromatic carbocycles. The first kappa shape index (κ1) is 26.9. The van der Waals surface area contributed by atoms with Crippen molar-refractivity contribution in [2.45, 2.75) is 83.2 Å². The number of carbonyl (C=O) groups excluding carboxylic acids is 2. The first-order valence-electron chi connectivity index (χ1n) is 11.9. The van der Waals surface area contributed by atoms with Crippen LogP contribution in [-0.2, 0) is 33.4 Å². The van der Waals surface area contributed by atoms with Gasteiger partial charge in [0.15, 0.2) is 0 Å². The van der Waals surface area contributed by atoms with Gasteiger partial charge in [-0.15, -0.1) is 13.2 Å². The molecule has 2 aliphatic rings. The predicted molar refractivity (Wildman–Crippen MR) is 124 cm³/mol. The van der Waals surface area contributed by atoms with Crippen LogP contribution < -0.4 is 10.6 Å². The Kier molecular flexibility index (Phi) is 7.01. The minimum atomic E-state index is -4.80. The molecule has 4 rings (SSSR count). The number of amides is 2. The maximum Gasteiger partial charge on any atom is 0.522 e. The van der Waals surface area contributed by atoms with Crippen molar-refractivity contribution in [1.29, 1.82) is 0 Å². The van der Waals surface area contributed by atoms with Crippen molar-refractivity contribution in [3.8, 4) is 0 Å². The van der Waals surface area contributed by atoms with Gasteiger partial charge in [0, 0.05) is 25.1 Å². The third-order valence-corrected chi connectivity index (χ3v) is 6.12. The molecule has 2 aromatic rings. The van der Waals surface area contributed by atoms with E-state index in [1.165, 1.54) is 17.8 Å². The van der Waals surface area contributed by atoms with Crippen LogP contribution in [0.4, 0.5) is 23.8 Å². The smallest absolute Gasteiger partial charge is 0.444 e. The van der Waals surface area contributed by atoms with E-state index in [0.29, 0.717) is 17.9 Å². The molecule has 2 unspecified atom stereocenters. The van der Waals surface area contributed by atoms with Gasteiger partial charge in [-0.25, -0.2) is 9.48 Å². The molecule has 204 valence electrons. The van der Waals surface area contributed by atoms with Gasteiger partial charge in [-0.3, -0.25) is 14.2 Å². The summed E-state index contributed by atoms with van der Waals surface area (Å²) in [5, 5.41) is 14.2. The highest BCUT2D eigenvalue weighted by atomic mass is 19.4. The van der Waals surface area contributed by atoms with E-state index in [4.69, 9.17) is 9.47 Å². The molecule has 2 N–H and O–H groups in total. The first-order valence-corrected chi connectivity index (χ1v) is 11.9. The molecule has 37 heavy (non-hydrogen) atoms. The lowest BCUT2D eigenvalue weighted by atomic mass is 10.1. The zero-order valence-electron chi connectivity index (χ0n) is 21.3. The molecule has 14 heteroatoms. The highest BCUT2D eigenvalue weighted by Gasteiger charge is 2.40. The van der Waals surface area contributed by atoms with Crippen LogP contribution in [0.2, 0.25) is 0 Å². The second-order valence-electron chi connectivity index (χ2n) is 10.6. The Balaban J connectivity index is 1.44. The molecular weight excluding hydrogens is 497 g/mol. The summed E-state index contributed by atoms with van der Waals surface area (Å²) in [7, 11) is 1.45. The van der Waals surface area contributed by atoms with Crippen LogP contribution in [0.3, 0.4) is 0 Å². The summed E-state index contributed by atoms with van der Waals surface area (Å²) < 4.78 is 55.0. The van der Waals surface area contributed by atoms with Crippen molar-refractivity contribution in [2.75, 3.05) is 11.9 Å². The zero-order valence-corrected chi connectivity index (χ0v) is 21.3. The molecule has 2 atom stereocenters. The molecule has 0 spiro atoms. The Morgan fingerprint density at radius 2 is 1.92 bits per heavy atom. The van der Waals surface area contributed by atoms with Crippen LogP contribution in [0.1, 0.15) is 74.9 Å². The quantitative estimate of drug-likeness (QED) is 0.561. The molecular formula is C23H31F3N6O5. The highest BCUT2D eigenvalue weighted by Crippen LogP contribution is 2.36. The number of aryl methyl sites for hydroxylation is 1. The number of anilines is 1. The van der Waals surface area contributed by atoms with Crippen molar-refractivity contribution >= 4 is 17.8 Å². The zero-order chi connectivity index (χ0) is 27.2. The fraction of sp³-hybridized carbons (Fsp3) is 0.652. The summed E-state index contributed by atoms with van der Waals surface area (Å²) in [6.45, 7) is 7.08. The van der Waals surface area contributed by atoms with Gasteiger partial charge in [0.25, 0.3) is 5.91 Å². The number of nitrogens with one attached hydrogen (secondary N) is 2. The van der Waals surface area contributed by atoms with Crippen LogP contribution in [-0.4, -0.2) is 56.2 Å². The van der Waals surface area contributed by atoms with Gasteiger partial charge in [0.1, 0.15) is 30.3 Å². The van der Waals surface area contributed by atoms with Crippen molar-refractivity contribution in [1.82, 2.24) is 24.9 Å². The maximum atomic E-state index is 13.0. The summed E-state index contributed by atoms with van der Waals surface area (Å²) in [6, 6.07) is 2.90. The van der Waals surface area contributed by atoms with Gasteiger partial charge in [-0.05, 0) is 46.6 Å². The average Bonchev–Trinajstić information content (AvgIpc) is 3.15. The minimum Gasteiger partial charge on any atom is -0.444 e. The highest BCUT2D eigenvalue weighted by molar-refractivity contribution is 6.02. The van der Waals surface area contributed by atoms with Gasteiger partial charge in [0.2, 0.25) is 0 Å². The SMILES string of the molecule is Cn1nc(COC(F)(F)F)cc1C(=O)Nc1cc(C2CC(OC(=O)NC3(C)CC3)CO2)nn1C(C)(C)C. The minimum absolute atomic E-state index is 0.0416. The molecule has 2 fully saturated rings. The second-order valence-corrected chi connectivity index (χ2v) is 10.6. The number of hydrogen-bond donors (Lipinski definition) is 2. The molecule has 1 aliphatic heterocycles. The van der Waals surface area contributed by atoms with E-state index in [2.05, 4.69) is 25.6 Å². The largest absolute Gasteiger partial charge is 0.522 e. The summed E-state index contributed by atoms with van der Waals surface area (Å²) in [6.07, 6.45) is -3.91. The van der Waals surface area contributed by atoms with Crippen molar-refractivity contribution in [2.24, 2.45) is 7.05 Å².